The zero-order valence-electron chi connectivity index (χ0n) is 28.3. The molecular weight excluding hydrogens is 633 g/mol. The number of nitrogens with zero attached hydrogens (tertiary/aromatic N) is 2. The molecule has 0 saturated carbocycles. The lowest BCUT2D eigenvalue weighted by molar-refractivity contribution is 0.669. The van der Waals surface area contributed by atoms with Crippen LogP contribution in [0.2, 0.25) is 0 Å². The van der Waals surface area contributed by atoms with Crippen molar-refractivity contribution in [3.63, 3.8) is 0 Å². The van der Waals surface area contributed by atoms with Gasteiger partial charge in [-0.1, -0.05) is 164 Å². The highest BCUT2D eigenvalue weighted by Gasteiger charge is 2.24. The Morgan fingerprint density at radius 1 is 0.385 bits per heavy atom. The summed E-state index contributed by atoms with van der Waals surface area (Å²) >= 11 is 0. The van der Waals surface area contributed by atoms with E-state index < -0.39 is 0 Å². The van der Waals surface area contributed by atoms with Crippen LogP contribution in [0.3, 0.4) is 0 Å². The van der Waals surface area contributed by atoms with Gasteiger partial charge in [-0.15, -0.1) is 0 Å². The summed E-state index contributed by atoms with van der Waals surface area (Å²) in [5.41, 5.74) is 14.9. The van der Waals surface area contributed by atoms with Crippen LogP contribution in [0, 0.1) is 0 Å². The number of hydrogen-bond donors (Lipinski definition) is 0. The van der Waals surface area contributed by atoms with Crippen molar-refractivity contribution in [2.24, 2.45) is 0 Å². The SMILES string of the molecule is c1ccc(-c2ccc(-c3ccc4c(c3)oc3c(-c5nc6ccccc6n5-c5c(-c6ccccc6)cccc5-c5ccccc5)cccc34)cc2)cc1. The molecule has 0 aliphatic heterocycles. The molecule has 0 unspecified atom stereocenters. The summed E-state index contributed by atoms with van der Waals surface area (Å²) in [5.74, 6) is 0.836. The zero-order valence-corrected chi connectivity index (χ0v) is 28.3. The fourth-order valence-corrected chi connectivity index (χ4v) is 7.56. The lowest BCUT2D eigenvalue weighted by Crippen LogP contribution is -2.03. The van der Waals surface area contributed by atoms with Crippen molar-refractivity contribution >= 4 is 33.0 Å². The smallest absolute Gasteiger partial charge is 0.149 e. The van der Waals surface area contributed by atoms with Crippen molar-refractivity contribution in [1.29, 1.82) is 0 Å². The summed E-state index contributed by atoms with van der Waals surface area (Å²) in [7, 11) is 0. The maximum Gasteiger partial charge on any atom is 0.149 e. The Bertz CT molecular complexity index is 2810. The molecule has 2 aromatic heterocycles. The summed E-state index contributed by atoms with van der Waals surface area (Å²) in [4.78, 5) is 5.35. The second kappa shape index (κ2) is 12.4. The van der Waals surface area contributed by atoms with E-state index in [0.29, 0.717) is 0 Å². The summed E-state index contributed by atoms with van der Waals surface area (Å²) in [6.45, 7) is 0. The number of fused-ring (bicyclic) bond motifs is 4. The highest BCUT2D eigenvalue weighted by Crippen LogP contribution is 2.43. The molecule has 0 fully saturated rings. The van der Waals surface area contributed by atoms with Crippen molar-refractivity contribution < 1.29 is 4.42 Å². The number of benzene rings is 8. The Balaban J connectivity index is 1.18. The van der Waals surface area contributed by atoms with E-state index in [0.717, 1.165) is 83.4 Å². The lowest BCUT2D eigenvalue weighted by Gasteiger charge is -2.19. The van der Waals surface area contributed by atoms with Gasteiger partial charge in [0.2, 0.25) is 0 Å². The number of rotatable bonds is 6. The molecule has 8 aromatic carbocycles. The number of imidazole rings is 1. The quantitative estimate of drug-likeness (QED) is 0.177. The van der Waals surface area contributed by atoms with E-state index in [1.807, 2.05) is 6.07 Å². The van der Waals surface area contributed by atoms with Gasteiger partial charge < -0.3 is 4.42 Å². The largest absolute Gasteiger partial charge is 0.455 e. The minimum atomic E-state index is 0.823. The average Bonchev–Trinajstić information content (AvgIpc) is 3.80. The Kier molecular flexibility index (Phi) is 7.14. The number of para-hydroxylation sites is 4. The van der Waals surface area contributed by atoms with Gasteiger partial charge in [0.1, 0.15) is 17.0 Å². The molecule has 0 radical (unpaired) electrons. The third-order valence-electron chi connectivity index (χ3n) is 10.1. The van der Waals surface area contributed by atoms with E-state index in [1.54, 1.807) is 0 Å². The van der Waals surface area contributed by atoms with Gasteiger partial charge in [0, 0.05) is 21.9 Å². The van der Waals surface area contributed by atoms with E-state index in [-0.39, 0.29) is 0 Å². The van der Waals surface area contributed by atoms with Gasteiger partial charge >= 0.3 is 0 Å². The van der Waals surface area contributed by atoms with Gasteiger partial charge in [0.15, 0.2) is 0 Å². The first-order valence-corrected chi connectivity index (χ1v) is 17.6. The summed E-state index contributed by atoms with van der Waals surface area (Å²) in [5, 5.41) is 2.15. The van der Waals surface area contributed by atoms with E-state index in [1.165, 1.54) is 11.1 Å². The molecule has 3 nitrogen and oxygen atoms in total. The van der Waals surface area contributed by atoms with Crippen LogP contribution in [0.4, 0.5) is 0 Å². The molecule has 0 atom stereocenters. The first-order chi connectivity index (χ1) is 25.8. The molecule has 0 aliphatic rings. The topological polar surface area (TPSA) is 31.0 Å². The molecule has 0 spiro atoms. The molecule has 0 aliphatic carbocycles. The minimum Gasteiger partial charge on any atom is -0.455 e. The van der Waals surface area contributed by atoms with Gasteiger partial charge in [0.05, 0.1) is 22.3 Å². The molecule has 3 heteroatoms. The number of furan rings is 1. The second-order valence-electron chi connectivity index (χ2n) is 13.1. The summed E-state index contributed by atoms with van der Waals surface area (Å²) in [6, 6.07) is 68.4. The van der Waals surface area contributed by atoms with Crippen LogP contribution in [0.5, 0.6) is 0 Å². The Labute approximate surface area is 301 Å². The van der Waals surface area contributed by atoms with Crippen molar-refractivity contribution in [1.82, 2.24) is 9.55 Å². The van der Waals surface area contributed by atoms with Gasteiger partial charge in [0.25, 0.3) is 0 Å². The number of aromatic nitrogens is 2. The van der Waals surface area contributed by atoms with Crippen molar-refractivity contribution in [2.45, 2.75) is 0 Å². The molecule has 10 rings (SSSR count). The predicted molar refractivity (Wildman–Crippen MR) is 216 cm³/mol. The highest BCUT2D eigenvalue weighted by atomic mass is 16.3. The monoisotopic (exact) mass is 664 g/mol. The molecule has 2 heterocycles. The standard InChI is InChI=1S/C49H32N2O/c1-4-14-33(15-5-1)34-26-28-35(29-27-34)38-30-31-41-42-22-13-23-43(48(42)52-46(41)32-38)49-50-44-24-10-11-25-45(44)51(49)47-39(36-16-6-2-7-17-36)20-12-21-40(47)37-18-8-3-9-19-37/h1-32H. The van der Waals surface area contributed by atoms with Gasteiger partial charge in [-0.25, -0.2) is 4.98 Å². The third-order valence-corrected chi connectivity index (χ3v) is 10.1. The third kappa shape index (κ3) is 5.02. The van der Waals surface area contributed by atoms with Crippen LogP contribution in [0.15, 0.2) is 199 Å². The second-order valence-corrected chi connectivity index (χ2v) is 13.1. The highest BCUT2D eigenvalue weighted by molar-refractivity contribution is 6.10. The molecule has 52 heavy (non-hydrogen) atoms. The Morgan fingerprint density at radius 2 is 0.904 bits per heavy atom. The molecule has 0 amide bonds. The average molecular weight is 665 g/mol. The molecule has 10 aromatic rings. The van der Waals surface area contributed by atoms with Crippen LogP contribution in [0.25, 0.3) is 94.6 Å². The fraction of sp³-hybridized carbons (Fsp3) is 0. The fourth-order valence-electron chi connectivity index (χ4n) is 7.56. The van der Waals surface area contributed by atoms with Crippen LogP contribution >= 0.6 is 0 Å². The van der Waals surface area contributed by atoms with E-state index in [2.05, 4.69) is 193 Å². The molecular formula is C49H32N2O. The number of hydrogen-bond acceptors (Lipinski definition) is 2. The maximum absolute atomic E-state index is 6.86. The summed E-state index contributed by atoms with van der Waals surface area (Å²) < 4.78 is 9.19. The molecule has 0 bridgehead atoms. The van der Waals surface area contributed by atoms with Gasteiger partial charge in [-0.05, 0) is 63.7 Å². The Hall–Kier alpha value is -6.97. The summed E-state index contributed by atoms with van der Waals surface area (Å²) in [6.07, 6.45) is 0. The first-order valence-electron chi connectivity index (χ1n) is 17.6. The van der Waals surface area contributed by atoms with Crippen molar-refractivity contribution in [2.75, 3.05) is 0 Å². The normalized spacial score (nSPS) is 11.5. The maximum atomic E-state index is 6.86. The van der Waals surface area contributed by atoms with Crippen LogP contribution in [0.1, 0.15) is 0 Å². The van der Waals surface area contributed by atoms with Crippen LogP contribution in [-0.4, -0.2) is 9.55 Å². The van der Waals surface area contributed by atoms with E-state index >= 15 is 0 Å². The van der Waals surface area contributed by atoms with Crippen LogP contribution in [-0.2, 0) is 0 Å². The molecule has 0 N–H and O–H groups in total. The van der Waals surface area contributed by atoms with E-state index in [4.69, 9.17) is 9.40 Å². The predicted octanol–water partition coefficient (Wildman–Crippen LogP) is 13.3. The molecule has 244 valence electrons. The first kappa shape index (κ1) is 29.9. The molecule has 0 saturated heterocycles. The minimum absolute atomic E-state index is 0.823. The van der Waals surface area contributed by atoms with E-state index in [9.17, 15) is 0 Å². The Morgan fingerprint density at radius 3 is 1.58 bits per heavy atom. The van der Waals surface area contributed by atoms with Gasteiger partial charge in [-0.2, -0.15) is 0 Å². The van der Waals surface area contributed by atoms with Gasteiger partial charge in [-0.3, -0.25) is 4.57 Å². The zero-order chi connectivity index (χ0) is 34.4. The van der Waals surface area contributed by atoms with Crippen LogP contribution < -0.4 is 0 Å². The van der Waals surface area contributed by atoms with Crippen molar-refractivity contribution in [3.05, 3.63) is 194 Å². The van der Waals surface area contributed by atoms with Crippen molar-refractivity contribution in [3.8, 4) is 61.6 Å². The lowest BCUT2D eigenvalue weighted by atomic mass is 9.95.